The number of benzene rings is 2. The van der Waals surface area contributed by atoms with Crippen molar-refractivity contribution in [3.05, 3.63) is 70.7 Å². The molecule has 0 fully saturated rings. The van der Waals surface area contributed by atoms with Gasteiger partial charge < -0.3 is 10.2 Å². The summed E-state index contributed by atoms with van der Waals surface area (Å²) < 4.78 is 0. The lowest BCUT2D eigenvalue weighted by molar-refractivity contribution is -0.143. The van der Waals surface area contributed by atoms with E-state index in [1.165, 1.54) is 5.56 Å². The summed E-state index contributed by atoms with van der Waals surface area (Å²) in [4.78, 5) is 26.9. The van der Waals surface area contributed by atoms with Gasteiger partial charge in [-0.1, -0.05) is 67.9 Å². The number of nitrogens with one attached hydrogen (secondary N) is 1. The van der Waals surface area contributed by atoms with E-state index in [0.717, 1.165) is 12.0 Å². The number of carbonyl (C=O) groups is 2. The molecule has 1 atom stereocenters. The van der Waals surface area contributed by atoms with E-state index in [2.05, 4.69) is 5.32 Å². The van der Waals surface area contributed by atoms with Gasteiger partial charge in [-0.05, 0) is 36.6 Å². The van der Waals surface area contributed by atoms with E-state index >= 15 is 0 Å². The van der Waals surface area contributed by atoms with Crippen molar-refractivity contribution in [1.29, 1.82) is 0 Å². The molecule has 0 radical (unpaired) electrons. The first kappa shape index (κ1) is 21.0. The molecular weight excluding hydrogens is 360 g/mol. The molecule has 0 aliphatic carbocycles. The second-order valence-corrected chi connectivity index (χ2v) is 7.39. The standard InChI is InChI=1S/C22H27ClN2O2/c1-16(2)22(27)25(15-19-9-11-20(23)12-10-19)17(3)21(26)24-14-13-18-7-5-4-6-8-18/h4-12,16-17H,13-15H2,1-3H3,(H,24,26)/t17-/m1/s1. The van der Waals surface area contributed by atoms with Crippen LogP contribution in [0.1, 0.15) is 31.9 Å². The molecule has 0 unspecified atom stereocenters. The van der Waals surface area contributed by atoms with Crippen LogP contribution < -0.4 is 5.32 Å². The van der Waals surface area contributed by atoms with Crippen LogP contribution in [0.2, 0.25) is 5.02 Å². The fourth-order valence-corrected chi connectivity index (χ4v) is 2.91. The molecule has 5 heteroatoms. The van der Waals surface area contributed by atoms with Gasteiger partial charge in [0.15, 0.2) is 0 Å². The lowest BCUT2D eigenvalue weighted by Gasteiger charge is -2.30. The molecule has 4 nitrogen and oxygen atoms in total. The number of amides is 2. The Morgan fingerprint density at radius 1 is 0.963 bits per heavy atom. The first-order valence-electron chi connectivity index (χ1n) is 9.25. The Kier molecular flexibility index (Phi) is 7.86. The lowest BCUT2D eigenvalue weighted by atomic mass is 10.1. The van der Waals surface area contributed by atoms with Crippen LogP contribution in [0.5, 0.6) is 0 Å². The van der Waals surface area contributed by atoms with Crippen molar-refractivity contribution >= 4 is 23.4 Å². The zero-order valence-electron chi connectivity index (χ0n) is 16.1. The van der Waals surface area contributed by atoms with E-state index in [1.807, 2.05) is 56.3 Å². The van der Waals surface area contributed by atoms with Crippen LogP contribution in [0, 0.1) is 5.92 Å². The van der Waals surface area contributed by atoms with Gasteiger partial charge in [0, 0.05) is 24.0 Å². The third kappa shape index (κ3) is 6.40. The minimum Gasteiger partial charge on any atom is -0.354 e. The average Bonchev–Trinajstić information content (AvgIpc) is 2.67. The third-order valence-corrected chi connectivity index (χ3v) is 4.70. The maximum atomic E-state index is 12.7. The minimum absolute atomic E-state index is 0.0457. The Balaban J connectivity index is 2.00. The van der Waals surface area contributed by atoms with Gasteiger partial charge in [0.2, 0.25) is 11.8 Å². The van der Waals surface area contributed by atoms with E-state index in [0.29, 0.717) is 18.1 Å². The van der Waals surface area contributed by atoms with Crippen LogP contribution in [-0.4, -0.2) is 29.3 Å². The molecule has 0 aliphatic rings. The number of hydrogen-bond donors (Lipinski definition) is 1. The molecule has 0 aliphatic heterocycles. The lowest BCUT2D eigenvalue weighted by Crippen LogP contribution is -2.49. The highest BCUT2D eigenvalue weighted by Crippen LogP contribution is 2.15. The fourth-order valence-electron chi connectivity index (χ4n) is 2.79. The summed E-state index contributed by atoms with van der Waals surface area (Å²) >= 11 is 5.94. The van der Waals surface area contributed by atoms with Crippen molar-refractivity contribution in [3.63, 3.8) is 0 Å². The Labute approximate surface area is 166 Å². The van der Waals surface area contributed by atoms with Crippen LogP contribution in [0.3, 0.4) is 0 Å². The Morgan fingerprint density at radius 2 is 1.59 bits per heavy atom. The molecule has 2 rings (SSSR count). The van der Waals surface area contributed by atoms with Crippen molar-refractivity contribution in [1.82, 2.24) is 10.2 Å². The second-order valence-electron chi connectivity index (χ2n) is 6.95. The van der Waals surface area contributed by atoms with Gasteiger partial charge in [0.05, 0.1) is 0 Å². The minimum atomic E-state index is -0.550. The smallest absolute Gasteiger partial charge is 0.242 e. The van der Waals surface area contributed by atoms with Crippen LogP contribution in [0.15, 0.2) is 54.6 Å². The first-order valence-corrected chi connectivity index (χ1v) is 9.63. The van der Waals surface area contributed by atoms with E-state index in [9.17, 15) is 9.59 Å². The Bertz CT molecular complexity index is 745. The average molecular weight is 387 g/mol. The second kappa shape index (κ2) is 10.1. The number of hydrogen-bond acceptors (Lipinski definition) is 2. The summed E-state index contributed by atoms with van der Waals surface area (Å²) in [5.41, 5.74) is 2.11. The van der Waals surface area contributed by atoms with Crippen LogP contribution in [0.25, 0.3) is 0 Å². The summed E-state index contributed by atoms with van der Waals surface area (Å²) in [6.07, 6.45) is 0.759. The van der Waals surface area contributed by atoms with Gasteiger partial charge in [-0.15, -0.1) is 0 Å². The molecule has 1 N–H and O–H groups in total. The molecule has 144 valence electrons. The van der Waals surface area contributed by atoms with Crippen molar-refractivity contribution in [2.75, 3.05) is 6.54 Å². The summed E-state index contributed by atoms with van der Waals surface area (Å²) in [5, 5.41) is 3.59. The normalized spacial score (nSPS) is 11.9. The molecular formula is C22H27ClN2O2. The predicted octanol–water partition coefficient (Wildman–Crippen LogP) is 4.07. The van der Waals surface area contributed by atoms with E-state index < -0.39 is 6.04 Å². The monoisotopic (exact) mass is 386 g/mol. The maximum Gasteiger partial charge on any atom is 0.242 e. The molecule has 0 saturated heterocycles. The van der Waals surface area contributed by atoms with E-state index in [4.69, 9.17) is 11.6 Å². The van der Waals surface area contributed by atoms with Crippen molar-refractivity contribution < 1.29 is 9.59 Å². The zero-order valence-corrected chi connectivity index (χ0v) is 16.9. The molecule has 0 bridgehead atoms. The zero-order chi connectivity index (χ0) is 19.8. The SMILES string of the molecule is CC(C)C(=O)N(Cc1ccc(Cl)cc1)[C@H](C)C(=O)NCCc1ccccc1. The van der Waals surface area contributed by atoms with Crippen molar-refractivity contribution in [3.8, 4) is 0 Å². The summed E-state index contributed by atoms with van der Waals surface area (Å²) in [5.74, 6) is -0.374. The predicted molar refractivity (Wildman–Crippen MR) is 109 cm³/mol. The first-order chi connectivity index (χ1) is 12.9. The molecule has 0 heterocycles. The van der Waals surface area contributed by atoms with Gasteiger partial charge >= 0.3 is 0 Å². The molecule has 0 spiro atoms. The molecule has 2 aromatic carbocycles. The number of nitrogens with zero attached hydrogens (tertiary/aromatic N) is 1. The van der Waals surface area contributed by atoms with Gasteiger partial charge in [0.25, 0.3) is 0 Å². The quantitative estimate of drug-likeness (QED) is 0.743. The number of halogens is 1. The van der Waals surface area contributed by atoms with Crippen molar-refractivity contribution in [2.24, 2.45) is 5.92 Å². The molecule has 2 amide bonds. The number of carbonyl (C=O) groups excluding carboxylic acids is 2. The van der Waals surface area contributed by atoms with Gasteiger partial charge in [-0.2, -0.15) is 0 Å². The largest absolute Gasteiger partial charge is 0.354 e. The summed E-state index contributed by atoms with van der Waals surface area (Å²) in [7, 11) is 0. The highest BCUT2D eigenvalue weighted by molar-refractivity contribution is 6.30. The maximum absolute atomic E-state index is 12.7. The van der Waals surface area contributed by atoms with E-state index in [1.54, 1.807) is 24.0 Å². The summed E-state index contributed by atoms with van der Waals surface area (Å²) in [6, 6.07) is 16.8. The highest BCUT2D eigenvalue weighted by Gasteiger charge is 2.27. The van der Waals surface area contributed by atoms with Crippen LogP contribution >= 0.6 is 11.6 Å². The van der Waals surface area contributed by atoms with Gasteiger partial charge in [0.1, 0.15) is 6.04 Å². The third-order valence-electron chi connectivity index (χ3n) is 4.45. The molecule has 0 saturated carbocycles. The Hall–Kier alpha value is -2.33. The van der Waals surface area contributed by atoms with Crippen LogP contribution in [0.4, 0.5) is 0 Å². The number of rotatable bonds is 8. The topological polar surface area (TPSA) is 49.4 Å². The van der Waals surface area contributed by atoms with Gasteiger partial charge in [-0.25, -0.2) is 0 Å². The summed E-state index contributed by atoms with van der Waals surface area (Å²) in [6.45, 7) is 6.38. The molecule has 0 aromatic heterocycles. The van der Waals surface area contributed by atoms with Crippen molar-refractivity contribution in [2.45, 2.75) is 39.8 Å². The Morgan fingerprint density at radius 3 is 2.19 bits per heavy atom. The van der Waals surface area contributed by atoms with Crippen LogP contribution in [-0.2, 0) is 22.6 Å². The molecule has 2 aromatic rings. The van der Waals surface area contributed by atoms with E-state index in [-0.39, 0.29) is 17.7 Å². The fraction of sp³-hybridized carbons (Fsp3) is 0.364. The van der Waals surface area contributed by atoms with Gasteiger partial charge in [-0.3, -0.25) is 9.59 Å². The highest BCUT2D eigenvalue weighted by atomic mass is 35.5. The molecule has 27 heavy (non-hydrogen) atoms.